The van der Waals surface area contributed by atoms with Crippen LogP contribution in [0.2, 0.25) is 0 Å². The van der Waals surface area contributed by atoms with Crippen LogP contribution in [0.25, 0.3) is 0 Å². The molecule has 1 aliphatic rings. The molecule has 0 spiro atoms. The molecule has 0 radical (unpaired) electrons. The number of hydrogen-bond acceptors (Lipinski definition) is 11. The number of carbonyl (C=O) groups is 9. The first-order chi connectivity index (χ1) is 21.1. The Balaban J connectivity index is 2.94. The summed E-state index contributed by atoms with van der Waals surface area (Å²) in [5, 5.41) is 39.4. The van der Waals surface area contributed by atoms with Gasteiger partial charge in [-0.25, -0.2) is 0 Å². The minimum absolute atomic E-state index is 0.177. The predicted molar refractivity (Wildman–Crippen MR) is 152 cm³/mol. The number of aldehydes is 1. The number of amides is 6. The fraction of sp³-hybridized carbons (Fsp3) is 0.654. The van der Waals surface area contributed by atoms with Crippen LogP contribution in [0.15, 0.2) is 0 Å². The van der Waals surface area contributed by atoms with Gasteiger partial charge < -0.3 is 57.3 Å². The molecule has 0 aromatic heterocycles. The predicted octanol–water partition coefficient (Wildman–Crippen LogP) is -4.68. The van der Waals surface area contributed by atoms with Crippen molar-refractivity contribution in [3.63, 3.8) is 0 Å². The fourth-order valence-electron chi connectivity index (χ4n) is 4.37. The van der Waals surface area contributed by atoms with E-state index in [9.17, 15) is 48.3 Å². The maximum atomic E-state index is 13.2. The molecule has 45 heavy (non-hydrogen) atoms. The van der Waals surface area contributed by atoms with Crippen LogP contribution in [0.1, 0.15) is 52.4 Å². The molecule has 0 aliphatic carbocycles. The Labute approximate surface area is 258 Å². The molecule has 0 aromatic carbocycles. The molecule has 19 heteroatoms. The standard InChI is InChI=1S/C26H41N7O12/c1-13(29-18(36)10-27)26(45)33-9-3-4-17(33)24(43)31-16(6-8-21(40)41)23(42)32-22(14(2)35)25(44)28-11-19(37)30-15(12-34)5-7-20(38)39/h12-17,22,35H,3-11,27H2,1-2H3,(H,28,44)(H,29,36)(H,30,37)(H,31,43)(H,32,42)(H,38,39)(H,40,41)/t13-,14+,15-,16-,17-,22-/m0/s1. The van der Waals surface area contributed by atoms with E-state index < -0.39 is 110 Å². The van der Waals surface area contributed by atoms with Gasteiger partial charge in [0.15, 0.2) is 0 Å². The van der Waals surface area contributed by atoms with Gasteiger partial charge in [0.1, 0.15) is 30.5 Å². The number of carboxylic acids is 2. The number of aliphatic hydroxyl groups excluding tert-OH is 1. The van der Waals surface area contributed by atoms with Gasteiger partial charge in [0, 0.05) is 19.4 Å². The minimum atomic E-state index is -1.67. The molecule has 6 atom stereocenters. The first-order valence-corrected chi connectivity index (χ1v) is 14.2. The van der Waals surface area contributed by atoms with Crippen LogP contribution in [0.5, 0.6) is 0 Å². The van der Waals surface area contributed by atoms with E-state index >= 15 is 0 Å². The summed E-state index contributed by atoms with van der Waals surface area (Å²) >= 11 is 0. The number of aliphatic carboxylic acids is 2. The van der Waals surface area contributed by atoms with Crippen LogP contribution >= 0.6 is 0 Å². The lowest BCUT2D eigenvalue weighted by atomic mass is 10.1. The van der Waals surface area contributed by atoms with Crippen molar-refractivity contribution in [2.24, 2.45) is 5.73 Å². The Kier molecular flexibility index (Phi) is 16.1. The first kappa shape index (κ1) is 38.4. The second-order valence-corrected chi connectivity index (χ2v) is 10.4. The Bertz CT molecular complexity index is 1130. The van der Waals surface area contributed by atoms with E-state index in [2.05, 4.69) is 26.6 Å². The second-order valence-electron chi connectivity index (χ2n) is 10.4. The average Bonchev–Trinajstić information content (AvgIpc) is 3.47. The summed E-state index contributed by atoms with van der Waals surface area (Å²) in [5.41, 5.74) is 5.26. The summed E-state index contributed by atoms with van der Waals surface area (Å²) in [6, 6.07) is -6.35. The summed E-state index contributed by atoms with van der Waals surface area (Å²) in [7, 11) is 0. The Morgan fingerprint density at radius 3 is 2.07 bits per heavy atom. The van der Waals surface area contributed by atoms with Crippen molar-refractivity contribution in [2.45, 2.75) is 88.7 Å². The van der Waals surface area contributed by atoms with E-state index in [-0.39, 0.29) is 25.9 Å². The van der Waals surface area contributed by atoms with E-state index in [0.717, 1.165) is 6.92 Å². The van der Waals surface area contributed by atoms with Gasteiger partial charge in [-0.2, -0.15) is 0 Å². The SMILES string of the molecule is C[C@H](NC(=O)CN)C(=O)N1CCC[C@H]1C(=O)N[C@@H](CCC(=O)O)C(=O)N[C@H](C(=O)NCC(=O)N[C@H](C=O)CCC(=O)O)[C@@H](C)O. The van der Waals surface area contributed by atoms with Crippen molar-refractivity contribution in [1.29, 1.82) is 0 Å². The summed E-state index contributed by atoms with van der Waals surface area (Å²) in [4.78, 5) is 110. The third-order valence-electron chi connectivity index (χ3n) is 6.72. The second kappa shape index (κ2) is 18.9. The molecule has 0 aromatic rings. The monoisotopic (exact) mass is 643 g/mol. The molecule has 252 valence electrons. The lowest BCUT2D eigenvalue weighted by Crippen LogP contribution is -2.59. The lowest BCUT2D eigenvalue weighted by molar-refractivity contribution is -0.142. The maximum Gasteiger partial charge on any atom is 0.303 e. The molecule has 1 aliphatic heterocycles. The third kappa shape index (κ3) is 13.3. The van der Waals surface area contributed by atoms with Crippen molar-refractivity contribution < 1.29 is 58.5 Å². The lowest BCUT2D eigenvalue weighted by Gasteiger charge is -2.29. The number of nitrogens with one attached hydrogen (secondary N) is 5. The number of carboxylic acid groups (broad SMARTS) is 2. The molecule has 10 N–H and O–H groups in total. The zero-order chi connectivity index (χ0) is 34.3. The Morgan fingerprint density at radius 1 is 0.889 bits per heavy atom. The molecular weight excluding hydrogens is 602 g/mol. The highest BCUT2D eigenvalue weighted by molar-refractivity contribution is 5.96. The molecule has 19 nitrogen and oxygen atoms in total. The number of carbonyl (C=O) groups excluding carboxylic acids is 7. The quantitative estimate of drug-likeness (QED) is 0.0599. The van der Waals surface area contributed by atoms with Gasteiger partial charge in [-0.05, 0) is 39.5 Å². The molecular formula is C26H41N7O12. The van der Waals surface area contributed by atoms with Gasteiger partial charge >= 0.3 is 11.9 Å². The normalized spacial score (nSPS) is 17.4. The molecule has 6 amide bonds. The van der Waals surface area contributed by atoms with E-state index in [0.29, 0.717) is 12.7 Å². The topological polar surface area (TPSA) is 304 Å². The number of hydrogen-bond donors (Lipinski definition) is 9. The summed E-state index contributed by atoms with van der Waals surface area (Å²) in [5.74, 6) is -7.36. The van der Waals surface area contributed by atoms with Crippen molar-refractivity contribution in [2.75, 3.05) is 19.6 Å². The van der Waals surface area contributed by atoms with Crippen molar-refractivity contribution in [3.8, 4) is 0 Å². The highest BCUT2D eigenvalue weighted by Crippen LogP contribution is 2.19. The molecule has 0 saturated carbocycles. The molecule has 0 unspecified atom stereocenters. The van der Waals surface area contributed by atoms with Crippen LogP contribution in [-0.4, -0.2) is 130 Å². The van der Waals surface area contributed by atoms with Crippen molar-refractivity contribution in [3.05, 3.63) is 0 Å². The van der Waals surface area contributed by atoms with Gasteiger partial charge in [-0.15, -0.1) is 0 Å². The largest absolute Gasteiger partial charge is 0.481 e. The smallest absolute Gasteiger partial charge is 0.303 e. The third-order valence-corrected chi connectivity index (χ3v) is 6.72. The summed E-state index contributed by atoms with van der Waals surface area (Å²) in [6.07, 6.45) is -2.13. The zero-order valence-electron chi connectivity index (χ0n) is 24.9. The zero-order valence-corrected chi connectivity index (χ0v) is 24.9. The fourth-order valence-corrected chi connectivity index (χ4v) is 4.37. The molecule has 1 saturated heterocycles. The Morgan fingerprint density at radius 2 is 1.51 bits per heavy atom. The van der Waals surface area contributed by atoms with Gasteiger partial charge in [-0.1, -0.05) is 0 Å². The highest BCUT2D eigenvalue weighted by atomic mass is 16.4. The number of rotatable bonds is 19. The number of nitrogens with zero attached hydrogens (tertiary/aromatic N) is 1. The van der Waals surface area contributed by atoms with E-state index in [4.69, 9.17) is 15.9 Å². The van der Waals surface area contributed by atoms with Gasteiger partial charge in [0.25, 0.3) is 0 Å². The van der Waals surface area contributed by atoms with Gasteiger partial charge in [-0.3, -0.25) is 38.4 Å². The van der Waals surface area contributed by atoms with Crippen LogP contribution in [0, 0.1) is 0 Å². The van der Waals surface area contributed by atoms with Gasteiger partial charge in [0.05, 0.1) is 25.2 Å². The molecule has 1 rings (SSSR count). The molecule has 1 fully saturated rings. The molecule has 1 heterocycles. The van der Waals surface area contributed by atoms with Crippen molar-refractivity contribution in [1.82, 2.24) is 31.5 Å². The maximum absolute atomic E-state index is 13.2. The Hall–Kier alpha value is -4.65. The van der Waals surface area contributed by atoms with Crippen LogP contribution < -0.4 is 32.3 Å². The molecule has 0 bridgehead atoms. The van der Waals surface area contributed by atoms with E-state index in [1.54, 1.807) is 0 Å². The number of aliphatic hydroxyl groups is 1. The van der Waals surface area contributed by atoms with Crippen LogP contribution in [-0.2, 0) is 43.2 Å². The number of likely N-dealkylation sites (tertiary alicyclic amines) is 1. The highest BCUT2D eigenvalue weighted by Gasteiger charge is 2.38. The van der Waals surface area contributed by atoms with Crippen LogP contribution in [0.4, 0.5) is 0 Å². The van der Waals surface area contributed by atoms with E-state index in [1.165, 1.54) is 11.8 Å². The summed E-state index contributed by atoms with van der Waals surface area (Å²) < 4.78 is 0. The van der Waals surface area contributed by atoms with Gasteiger partial charge in [0.2, 0.25) is 35.4 Å². The first-order valence-electron chi connectivity index (χ1n) is 14.2. The number of nitrogens with two attached hydrogens (primary N) is 1. The average molecular weight is 644 g/mol. The van der Waals surface area contributed by atoms with E-state index in [1.807, 2.05) is 0 Å². The minimum Gasteiger partial charge on any atom is -0.481 e. The van der Waals surface area contributed by atoms with Crippen LogP contribution in [0.3, 0.4) is 0 Å². The van der Waals surface area contributed by atoms with Crippen molar-refractivity contribution >= 4 is 53.7 Å². The summed E-state index contributed by atoms with van der Waals surface area (Å²) in [6.45, 7) is 1.68.